The first kappa shape index (κ1) is 53.7. The topological polar surface area (TPSA) is 344 Å². The Bertz CT molecular complexity index is 2070. The Morgan fingerprint density at radius 1 is 0.333 bits per heavy atom. The van der Waals surface area contributed by atoms with Crippen LogP contribution < -0.4 is 20.6 Å². The van der Waals surface area contributed by atoms with E-state index >= 15 is 0 Å². The lowest BCUT2D eigenvalue weighted by Crippen LogP contribution is -2.31. The quantitative estimate of drug-likeness (QED) is 0.147. The molecule has 0 amide bonds. The lowest BCUT2D eigenvalue weighted by Gasteiger charge is -2.15. The minimum Gasteiger partial charge on any atom is -0.238 e. The molecule has 0 fully saturated rings. The van der Waals surface area contributed by atoms with Crippen molar-refractivity contribution in [2.75, 3.05) is 0 Å². The first-order chi connectivity index (χ1) is 27.3. The predicted molar refractivity (Wildman–Crippen MR) is 212 cm³/mol. The second kappa shape index (κ2) is 22.5. The highest BCUT2D eigenvalue weighted by Gasteiger charge is 2.29. The van der Waals surface area contributed by atoms with Crippen LogP contribution in [-0.4, -0.2) is 94.5 Å². The predicted octanol–water partition coefficient (Wildman–Crippen LogP) is 1.58. The van der Waals surface area contributed by atoms with Crippen molar-refractivity contribution >= 4 is 40.1 Å². The van der Waals surface area contributed by atoms with Crippen LogP contribution in [0.25, 0.3) is 0 Å². The van der Waals surface area contributed by atoms with Gasteiger partial charge in [-0.05, 0) is 27.7 Å². The molecule has 336 valence electrons. The zero-order valence-corrected chi connectivity index (χ0v) is 36.8. The number of primary sulfonamides is 4. The molecular weight excluding hydrogens is 885 g/mol. The van der Waals surface area contributed by atoms with Crippen molar-refractivity contribution in [1.29, 1.82) is 0 Å². The Morgan fingerprint density at radius 3 is 0.550 bits per heavy atom. The highest BCUT2D eigenvalue weighted by Crippen LogP contribution is 2.22. The van der Waals surface area contributed by atoms with Crippen molar-refractivity contribution in [3.05, 3.63) is 96.1 Å². The monoisotopic (exact) mass is 932 g/mol. The fourth-order valence-electron chi connectivity index (χ4n) is 4.21. The van der Waals surface area contributed by atoms with E-state index in [9.17, 15) is 51.2 Å². The minimum absolute atomic E-state index is 0.262. The summed E-state index contributed by atoms with van der Waals surface area (Å²) in [7, 11) is -14.5. The minimum atomic E-state index is -3.63. The van der Waals surface area contributed by atoms with Gasteiger partial charge in [-0.1, -0.05) is 27.7 Å². The summed E-state index contributed by atoms with van der Waals surface area (Å²) >= 11 is 0. The van der Waals surface area contributed by atoms with Gasteiger partial charge in [0, 0.05) is 23.7 Å². The summed E-state index contributed by atoms with van der Waals surface area (Å²) in [6.45, 7) is 12.4. The van der Waals surface area contributed by atoms with Crippen molar-refractivity contribution in [1.82, 2.24) is 39.9 Å². The summed E-state index contributed by atoms with van der Waals surface area (Å²) in [6, 6.07) is 0. The zero-order chi connectivity index (χ0) is 46.6. The van der Waals surface area contributed by atoms with Gasteiger partial charge in [-0.15, -0.1) is 0 Å². The maximum Gasteiger partial charge on any atom is 0.212 e. The number of nitrogens with zero attached hydrogens (tertiary/aromatic N) is 8. The molecule has 8 atom stereocenters. The van der Waals surface area contributed by atoms with Crippen LogP contribution in [0.3, 0.4) is 0 Å². The highest BCUT2D eigenvalue weighted by molar-refractivity contribution is 7.90. The summed E-state index contributed by atoms with van der Waals surface area (Å²) in [6.07, 6.45) is 7.96. The number of halogens is 4. The van der Waals surface area contributed by atoms with Gasteiger partial charge in [0.2, 0.25) is 40.1 Å². The summed E-state index contributed by atoms with van der Waals surface area (Å²) in [5.41, 5.74) is 0. The molecular formula is C32H48F4N12O8S4. The summed E-state index contributed by atoms with van der Waals surface area (Å²) in [5, 5.41) is 16.7. The Hall–Kier alpha value is -4.32. The second-order valence-electron chi connectivity index (χ2n) is 13.4. The Balaban J connectivity index is 0.000000400. The fourth-order valence-corrected chi connectivity index (χ4v) is 6.97. The van der Waals surface area contributed by atoms with Crippen LogP contribution in [-0.2, 0) is 40.1 Å². The average molecular weight is 933 g/mol. The molecule has 0 radical (unpaired) electrons. The van der Waals surface area contributed by atoms with Gasteiger partial charge < -0.3 is 0 Å². The Kier molecular flexibility index (Phi) is 20.1. The third-order valence-corrected chi connectivity index (χ3v) is 14.9. The standard InChI is InChI=1S/4C8H12FN3O2S/c4*1-5(6(2)15(10,13)14)8-11-3-7(9)4-12-8/h4*3-6H,1-2H3,(H2,10,13,14)/t2*5-,6+;2*5-,6-/m1010/s1. The van der Waals surface area contributed by atoms with Crippen molar-refractivity contribution in [3.8, 4) is 0 Å². The molecule has 4 heterocycles. The number of rotatable bonds is 12. The van der Waals surface area contributed by atoms with Crippen LogP contribution >= 0.6 is 0 Å². The number of sulfonamides is 4. The van der Waals surface area contributed by atoms with E-state index in [1.807, 2.05) is 0 Å². The Morgan fingerprint density at radius 2 is 0.450 bits per heavy atom. The molecule has 4 aromatic heterocycles. The lowest BCUT2D eigenvalue weighted by atomic mass is 10.1. The molecule has 0 saturated carbocycles. The van der Waals surface area contributed by atoms with Crippen LogP contribution in [0, 0.1) is 23.3 Å². The molecule has 8 N–H and O–H groups in total. The van der Waals surface area contributed by atoms with Gasteiger partial charge in [-0.2, -0.15) is 0 Å². The van der Waals surface area contributed by atoms with Crippen LogP contribution in [0.15, 0.2) is 49.6 Å². The van der Waals surface area contributed by atoms with Gasteiger partial charge in [-0.3, -0.25) is 0 Å². The summed E-state index contributed by atoms with van der Waals surface area (Å²) in [4.78, 5) is 29.7. The molecule has 4 aromatic rings. The summed E-state index contributed by atoms with van der Waals surface area (Å²) < 4.78 is 139. The van der Waals surface area contributed by atoms with Crippen LogP contribution in [0.5, 0.6) is 0 Å². The van der Waals surface area contributed by atoms with Gasteiger partial charge in [0.15, 0.2) is 23.3 Å². The molecule has 0 aromatic carbocycles. The molecule has 0 aliphatic rings. The zero-order valence-electron chi connectivity index (χ0n) is 33.5. The van der Waals surface area contributed by atoms with Crippen LogP contribution in [0.1, 0.15) is 102 Å². The molecule has 0 spiro atoms. The van der Waals surface area contributed by atoms with Crippen molar-refractivity contribution in [2.45, 2.75) is 100 Å². The van der Waals surface area contributed by atoms with Gasteiger partial charge in [0.25, 0.3) is 0 Å². The van der Waals surface area contributed by atoms with Crippen LogP contribution in [0.4, 0.5) is 17.6 Å². The van der Waals surface area contributed by atoms with E-state index in [4.69, 9.17) is 20.6 Å². The van der Waals surface area contributed by atoms with Crippen LogP contribution in [0.2, 0.25) is 0 Å². The lowest BCUT2D eigenvalue weighted by molar-refractivity contribution is 0.558. The van der Waals surface area contributed by atoms with Crippen molar-refractivity contribution in [3.63, 3.8) is 0 Å². The number of hydrogen-bond acceptors (Lipinski definition) is 16. The maximum atomic E-state index is 12.5. The van der Waals surface area contributed by atoms with E-state index in [0.29, 0.717) is 0 Å². The van der Waals surface area contributed by atoms with E-state index in [2.05, 4.69) is 39.9 Å². The van der Waals surface area contributed by atoms with Gasteiger partial charge in [-0.25, -0.2) is 112 Å². The first-order valence-electron chi connectivity index (χ1n) is 17.2. The molecule has 0 bridgehead atoms. The van der Waals surface area contributed by atoms with E-state index in [0.717, 1.165) is 49.6 Å². The van der Waals surface area contributed by atoms with Gasteiger partial charge in [0.1, 0.15) is 23.3 Å². The van der Waals surface area contributed by atoms with Gasteiger partial charge >= 0.3 is 0 Å². The third-order valence-electron chi connectivity index (χ3n) is 9.08. The maximum absolute atomic E-state index is 12.5. The second-order valence-corrected chi connectivity index (χ2v) is 21.1. The van der Waals surface area contributed by atoms with E-state index < -0.39 is 108 Å². The number of nitrogens with two attached hydrogens (primary N) is 4. The smallest absolute Gasteiger partial charge is 0.212 e. The highest BCUT2D eigenvalue weighted by atomic mass is 32.2. The van der Waals surface area contributed by atoms with E-state index in [1.54, 1.807) is 27.7 Å². The molecule has 20 nitrogen and oxygen atoms in total. The van der Waals surface area contributed by atoms with Crippen molar-refractivity contribution in [2.24, 2.45) is 20.6 Å². The van der Waals surface area contributed by atoms with E-state index in [1.165, 1.54) is 27.7 Å². The first-order valence-corrected chi connectivity index (χ1v) is 23.7. The molecule has 0 saturated heterocycles. The molecule has 28 heteroatoms. The largest absolute Gasteiger partial charge is 0.238 e. The summed E-state index contributed by atoms with van der Waals surface area (Å²) in [5.74, 6) is -3.08. The number of aromatic nitrogens is 8. The molecule has 0 unspecified atom stereocenters. The molecule has 0 aliphatic heterocycles. The fraction of sp³-hybridized carbons (Fsp3) is 0.500. The normalized spacial score (nSPS) is 16.0. The molecule has 4 rings (SSSR count). The van der Waals surface area contributed by atoms with E-state index in [-0.39, 0.29) is 23.3 Å². The third kappa shape index (κ3) is 17.7. The number of hydrogen-bond donors (Lipinski definition) is 4. The van der Waals surface area contributed by atoms with Gasteiger partial charge in [0.05, 0.1) is 70.6 Å². The molecule has 60 heavy (non-hydrogen) atoms. The molecule has 0 aliphatic carbocycles. The Labute approximate surface area is 346 Å². The average Bonchev–Trinajstić information content (AvgIpc) is 3.16. The SMILES string of the molecule is C[C@@H](c1ncc(F)cn1)[C@H](C)S(N)(=O)=O.C[C@H]([C@@H](C)c1ncc(F)cn1)S(N)(=O)=O.C[C@H](c1ncc(F)cn1)[C@@H](C)S(N)(=O)=O.C[C@H](c1ncc(F)cn1)[C@H](C)S(N)(=O)=O. The van der Waals surface area contributed by atoms with Crippen molar-refractivity contribution < 1.29 is 51.2 Å².